The maximum absolute atomic E-state index is 13.7. The number of carbonyl (C=O) groups excluding carboxylic acids is 1. The molecule has 0 bridgehead atoms. The minimum Gasteiger partial charge on any atom is -0.325 e. The molecule has 0 radical (unpaired) electrons. The zero-order valence-electron chi connectivity index (χ0n) is 20.5. The fourth-order valence-corrected chi connectivity index (χ4v) is 4.92. The Balaban J connectivity index is 1.62. The quantitative estimate of drug-likeness (QED) is 0.318. The molecule has 0 aliphatic heterocycles. The van der Waals surface area contributed by atoms with Crippen LogP contribution in [0.2, 0.25) is 5.02 Å². The van der Waals surface area contributed by atoms with E-state index in [0.29, 0.717) is 16.1 Å². The number of aryl methyl sites for hydroxylation is 3. The first-order valence-corrected chi connectivity index (χ1v) is 12.3. The Morgan fingerprint density at radius 2 is 1.81 bits per heavy atom. The number of para-hydroxylation sites is 1. The summed E-state index contributed by atoms with van der Waals surface area (Å²) in [6.07, 6.45) is 2.36. The van der Waals surface area contributed by atoms with Crippen molar-refractivity contribution in [1.82, 2.24) is 14.1 Å². The third kappa shape index (κ3) is 4.29. The van der Waals surface area contributed by atoms with Crippen LogP contribution in [0.5, 0.6) is 0 Å². The van der Waals surface area contributed by atoms with Crippen LogP contribution in [-0.4, -0.2) is 20.0 Å². The zero-order valence-corrected chi connectivity index (χ0v) is 21.3. The van der Waals surface area contributed by atoms with Crippen LogP contribution >= 0.6 is 11.6 Å². The molecule has 0 unspecified atom stereocenters. The van der Waals surface area contributed by atoms with Crippen molar-refractivity contribution in [2.75, 3.05) is 5.32 Å². The minimum absolute atomic E-state index is 0.00637. The second kappa shape index (κ2) is 9.63. The van der Waals surface area contributed by atoms with Crippen molar-refractivity contribution in [3.05, 3.63) is 105 Å². The molecule has 5 rings (SSSR count). The fraction of sp³-hybridized carbons (Fsp3) is 0.207. The smallest absolute Gasteiger partial charge is 0.278 e. The molecule has 0 atom stereocenters. The minimum atomic E-state index is -0.216. The molecule has 5 aromatic rings. The number of nitrogens with zero attached hydrogens (tertiary/aromatic N) is 3. The van der Waals surface area contributed by atoms with Gasteiger partial charge in [0.1, 0.15) is 17.6 Å². The van der Waals surface area contributed by atoms with Crippen molar-refractivity contribution in [2.45, 2.75) is 40.3 Å². The highest BCUT2D eigenvalue weighted by molar-refractivity contribution is 6.31. The van der Waals surface area contributed by atoms with Gasteiger partial charge in [0.2, 0.25) is 5.91 Å². The molecule has 0 aliphatic carbocycles. The van der Waals surface area contributed by atoms with Crippen LogP contribution in [0.1, 0.15) is 29.2 Å². The molecule has 0 saturated heterocycles. The number of benzene rings is 3. The molecule has 7 heteroatoms. The van der Waals surface area contributed by atoms with Crippen molar-refractivity contribution in [2.24, 2.45) is 0 Å². The lowest BCUT2D eigenvalue weighted by molar-refractivity contribution is -0.116. The largest absolute Gasteiger partial charge is 0.325 e. The Labute approximate surface area is 214 Å². The van der Waals surface area contributed by atoms with Gasteiger partial charge in [-0.25, -0.2) is 4.98 Å². The number of rotatable bonds is 6. The molecule has 1 N–H and O–H groups in total. The summed E-state index contributed by atoms with van der Waals surface area (Å²) in [7, 11) is 0. The lowest BCUT2D eigenvalue weighted by atomic mass is 10.1. The van der Waals surface area contributed by atoms with Gasteiger partial charge in [-0.15, -0.1) is 0 Å². The summed E-state index contributed by atoms with van der Waals surface area (Å²) in [5.74, 6) is -0.195. The van der Waals surface area contributed by atoms with Gasteiger partial charge >= 0.3 is 0 Å². The number of aromatic nitrogens is 3. The van der Waals surface area contributed by atoms with E-state index in [2.05, 4.69) is 17.2 Å². The Morgan fingerprint density at radius 1 is 1.03 bits per heavy atom. The van der Waals surface area contributed by atoms with E-state index in [0.717, 1.165) is 45.3 Å². The molecule has 0 spiro atoms. The van der Waals surface area contributed by atoms with Gasteiger partial charge in [0.05, 0.1) is 18.4 Å². The van der Waals surface area contributed by atoms with Gasteiger partial charge in [0.15, 0.2) is 0 Å². The molecular formula is C29H27ClN4O2. The lowest BCUT2D eigenvalue weighted by Crippen LogP contribution is -2.26. The molecule has 6 nitrogen and oxygen atoms in total. The van der Waals surface area contributed by atoms with Crippen LogP contribution in [0, 0.1) is 13.8 Å². The van der Waals surface area contributed by atoms with Crippen LogP contribution in [0.3, 0.4) is 0 Å². The first kappa shape index (κ1) is 23.8. The highest BCUT2D eigenvalue weighted by Crippen LogP contribution is 2.27. The topological polar surface area (TPSA) is 68.9 Å². The van der Waals surface area contributed by atoms with E-state index in [1.165, 1.54) is 0 Å². The monoisotopic (exact) mass is 498 g/mol. The maximum atomic E-state index is 13.7. The number of amides is 1. The SMILES string of the molecule is CCc1cccc(C)c1NC(=O)Cn1c2ccc(C)cc2c2ncn(Cc3ccccc3Cl)c(=O)c21. The maximum Gasteiger partial charge on any atom is 0.278 e. The number of fused-ring (bicyclic) bond motifs is 3. The fourth-order valence-electron chi connectivity index (χ4n) is 4.73. The van der Waals surface area contributed by atoms with Crippen LogP contribution in [0.15, 0.2) is 71.8 Å². The number of halogens is 1. The highest BCUT2D eigenvalue weighted by Gasteiger charge is 2.19. The Kier molecular flexibility index (Phi) is 6.37. The molecule has 182 valence electrons. The molecular weight excluding hydrogens is 472 g/mol. The van der Waals surface area contributed by atoms with E-state index in [4.69, 9.17) is 11.6 Å². The van der Waals surface area contributed by atoms with Crippen molar-refractivity contribution < 1.29 is 4.79 Å². The normalized spacial score (nSPS) is 11.3. The standard InChI is InChI=1S/C29H27ClN4O2/c1-4-20-10-7-8-19(3)26(20)32-25(35)16-34-24-13-12-18(2)14-22(24)27-28(34)29(36)33(17-31-27)15-21-9-5-6-11-23(21)30/h5-14,17H,4,15-16H2,1-3H3,(H,32,35). The van der Waals surface area contributed by atoms with E-state index < -0.39 is 0 Å². The molecule has 3 aromatic carbocycles. The third-order valence-electron chi connectivity index (χ3n) is 6.59. The second-order valence-corrected chi connectivity index (χ2v) is 9.49. The second-order valence-electron chi connectivity index (χ2n) is 9.08. The molecule has 0 fully saturated rings. The molecule has 2 heterocycles. The summed E-state index contributed by atoms with van der Waals surface area (Å²) in [4.78, 5) is 31.7. The van der Waals surface area contributed by atoms with Gasteiger partial charge in [-0.1, -0.05) is 66.6 Å². The average molecular weight is 499 g/mol. The van der Waals surface area contributed by atoms with Crippen molar-refractivity contribution in [1.29, 1.82) is 0 Å². The van der Waals surface area contributed by atoms with E-state index >= 15 is 0 Å². The van der Waals surface area contributed by atoms with Crippen molar-refractivity contribution in [3.8, 4) is 0 Å². The summed E-state index contributed by atoms with van der Waals surface area (Å²) in [5.41, 5.74) is 6.36. The van der Waals surface area contributed by atoms with Crippen molar-refractivity contribution in [3.63, 3.8) is 0 Å². The number of nitrogens with one attached hydrogen (secondary N) is 1. The van der Waals surface area contributed by atoms with E-state index in [1.54, 1.807) is 21.5 Å². The molecule has 0 saturated carbocycles. The average Bonchev–Trinajstić information content (AvgIpc) is 3.16. The predicted molar refractivity (Wildman–Crippen MR) is 146 cm³/mol. The van der Waals surface area contributed by atoms with Gasteiger partial charge in [-0.05, 0) is 55.2 Å². The van der Waals surface area contributed by atoms with Gasteiger partial charge in [0.25, 0.3) is 5.56 Å². The van der Waals surface area contributed by atoms with Crippen LogP contribution in [0.25, 0.3) is 21.9 Å². The first-order valence-electron chi connectivity index (χ1n) is 12.0. The molecule has 0 aliphatic rings. The number of hydrogen-bond acceptors (Lipinski definition) is 3. The third-order valence-corrected chi connectivity index (χ3v) is 6.96. The van der Waals surface area contributed by atoms with Gasteiger partial charge < -0.3 is 9.88 Å². The van der Waals surface area contributed by atoms with Gasteiger partial charge in [0, 0.05) is 16.1 Å². The number of anilines is 1. The number of carbonyl (C=O) groups is 1. The summed E-state index contributed by atoms with van der Waals surface area (Å²) in [6.45, 7) is 6.32. The predicted octanol–water partition coefficient (Wildman–Crippen LogP) is 5.87. The Morgan fingerprint density at radius 3 is 2.58 bits per heavy atom. The van der Waals surface area contributed by atoms with E-state index in [9.17, 15) is 9.59 Å². The lowest BCUT2D eigenvalue weighted by Gasteiger charge is -2.14. The Bertz CT molecular complexity index is 1680. The van der Waals surface area contributed by atoms with Gasteiger partial charge in [-0.2, -0.15) is 0 Å². The number of hydrogen-bond donors (Lipinski definition) is 1. The van der Waals surface area contributed by atoms with Gasteiger partial charge in [-0.3, -0.25) is 14.2 Å². The molecule has 1 amide bonds. The van der Waals surface area contributed by atoms with Crippen molar-refractivity contribution >= 4 is 45.1 Å². The van der Waals surface area contributed by atoms with Crippen LogP contribution < -0.4 is 10.9 Å². The molecule has 36 heavy (non-hydrogen) atoms. The Hall–Kier alpha value is -3.90. The summed E-state index contributed by atoms with van der Waals surface area (Å²) < 4.78 is 3.32. The highest BCUT2D eigenvalue weighted by atomic mass is 35.5. The summed E-state index contributed by atoms with van der Waals surface area (Å²) >= 11 is 6.35. The summed E-state index contributed by atoms with van der Waals surface area (Å²) in [5, 5.41) is 4.52. The zero-order chi connectivity index (χ0) is 25.4. The summed E-state index contributed by atoms with van der Waals surface area (Å²) in [6, 6.07) is 19.4. The molecule has 2 aromatic heterocycles. The first-order chi connectivity index (χ1) is 17.4. The van der Waals surface area contributed by atoms with Crippen LogP contribution in [0.4, 0.5) is 5.69 Å². The van der Waals surface area contributed by atoms with E-state index in [-0.39, 0.29) is 24.6 Å². The van der Waals surface area contributed by atoms with Crippen LogP contribution in [-0.2, 0) is 24.3 Å². The van der Waals surface area contributed by atoms with E-state index in [1.807, 2.05) is 68.4 Å².